The van der Waals surface area contributed by atoms with Crippen LogP contribution >= 0.6 is 0 Å². The molecule has 0 bridgehead atoms. The average Bonchev–Trinajstić information content (AvgIpc) is 2.09. The lowest BCUT2D eigenvalue weighted by Crippen LogP contribution is -2.16. The molecule has 0 spiro atoms. The van der Waals surface area contributed by atoms with Crippen molar-refractivity contribution in [2.75, 3.05) is 0 Å². The number of hydrogen-bond acceptors (Lipinski definition) is 4. The van der Waals surface area contributed by atoms with Gasteiger partial charge in [-0.2, -0.15) is 0 Å². The van der Waals surface area contributed by atoms with Crippen molar-refractivity contribution in [3.63, 3.8) is 0 Å². The Hall–Kier alpha value is -1.52. The molecule has 0 fully saturated rings. The van der Waals surface area contributed by atoms with Crippen molar-refractivity contribution in [1.29, 1.82) is 0 Å². The highest BCUT2D eigenvalue weighted by Gasteiger charge is 2.27. The first kappa shape index (κ1) is 7.59. The SMILES string of the molecule is O=C(O)C[C@@H]1OC(=O)C=C1O. The number of aliphatic hydroxyl groups excluding tert-OH is 1. The maximum Gasteiger partial charge on any atom is 0.335 e. The summed E-state index contributed by atoms with van der Waals surface area (Å²) in [6, 6.07) is 0. The van der Waals surface area contributed by atoms with Crippen LogP contribution in [0.15, 0.2) is 11.8 Å². The second-order valence-corrected chi connectivity index (χ2v) is 2.09. The lowest BCUT2D eigenvalue weighted by atomic mass is 10.2. The Labute approximate surface area is 61.9 Å². The molecular formula is C6H6O5. The van der Waals surface area contributed by atoms with Gasteiger partial charge in [-0.05, 0) is 0 Å². The van der Waals surface area contributed by atoms with Gasteiger partial charge < -0.3 is 14.9 Å². The fourth-order valence-electron chi connectivity index (χ4n) is 0.753. The second-order valence-electron chi connectivity index (χ2n) is 2.09. The van der Waals surface area contributed by atoms with Gasteiger partial charge in [0.1, 0.15) is 5.76 Å². The van der Waals surface area contributed by atoms with E-state index in [2.05, 4.69) is 4.74 Å². The molecule has 0 unspecified atom stereocenters. The predicted octanol–water partition coefficient (Wildman–Crippen LogP) is -0.172. The first-order valence-corrected chi connectivity index (χ1v) is 2.92. The lowest BCUT2D eigenvalue weighted by Gasteiger charge is -2.05. The summed E-state index contributed by atoms with van der Waals surface area (Å²) in [5.41, 5.74) is 0. The summed E-state index contributed by atoms with van der Waals surface area (Å²) in [5, 5.41) is 17.1. The number of carboxylic acid groups (broad SMARTS) is 1. The van der Waals surface area contributed by atoms with Crippen molar-refractivity contribution in [3.8, 4) is 0 Å². The molecule has 0 radical (unpaired) electrons. The van der Waals surface area contributed by atoms with Gasteiger partial charge >= 0.3 is 11.9 Å². The maximum absolute atomic E-state index is 10.4. The number of aliphatic carboxylic acids is 1. The van der Waals surface area contributed by atoms with Crippen molar-refractivity contribution in [1.82, 2.24) is 0 Å². The van der Waals surface area contributed by atoms with E-state index in [1.54, 1.807) is 0 Å². The van der Waals surface area contributed by atoms with Crippen LogP contribution in [0.5, 0.6) is 0 Å². The van der Waals surface area contributed by atoms with Crippen LogP contribution in [-0.4, -0.2) is 28.3 Å². The summed E-state index contributed by atoms with van der Waals surface area (Å²) < 4.78 is 4.42. The fraction of sp³-hybridized carbons (Fsp3) is 0.333. The van der Waals surface area contributed by atoms with Crippen molar-refractivity contribution in [3.05, 3.63) is 11.8 Å². The molecule has 0 aromatic rings. The second kappa shape index (κ2) is 2.61. The topological polar surface area (TPSA) is 83.8 Å². The Morgan fingerprint density at radius 2 is 2.36 bits per heavy atom. The van der Waals surface area contributed by atoms with Crippen LogP contribution < -0.4 is 0 Å². The number of aliphatic hydroxyl groups is 1. The van der Waals surface area contributed by atoms with Gasteiger partial charge in [-0.1, -0.05) is 0 Å². The van der Waals surface area contributed by atoms with Crippen LogP contribution in [0, 0.1) is 0 Å². The largest absolute Gasteiger partial charge is 0.508 e. The number of hydrogen-bond donors (Lipinski definition) is 2. The third-order valence-electron chi connectivity index (χ3n) is 1.21. The zero-order valence-electron chi connectivity index (χ0n) is 5.48. The molecule has 0 saturated heterocycles. The summed E-state index contributed by atoms with van der Waals surface area (Å²) in [6.07, 6.45) is -0.526. The first-order chi connectivity index (χ1) is 5.09. The standard InChI is InChI=1S/C6H6O5/c7-3-1-6(10)11-4(3)2-5(8)9/h1,4,7H,2H2,(H,8,9)/t4-/m0/s1. The van der Waals surface area contributed by atoms with Crippen molar-refractivity contribution in [2.24, 2.45) is 0 Å². The first-order valence-electron chi connectivity index (χ1n) is 2.92. The van der Waals surface area contributed by atoms with E-state index in [1.165, 1.54) is 0 Å². The molecule has 1 heterocycles. The third-order valence-corrected chi connectivity index (χ3v) is 1.21. The minimum atomic E-state index is -1.12. The molecule has 0 amide bonds. The van der Waals surface area contributed by atoms with Crippen molar-refractivity contribution in [2.45, 2.75) is 12.5 Å². The highest BCUT2D eigenvalue weighted by atomic mass is 16.6. The smallest absolute Gasteiger partial charge is 0.335 e. The van der Waals surface area contributed by atoms with Crippen molar-refractivity contribution >= 4 is 11.9 Å². The molecule has 1 rings (SSSR count). The van der Waals surface area contributed by atoms with Crippen LogP contribution in [-0.2, 0) is 14.3 Å². The molecule has 2 N–H and O–H groups in total. The number of carbonyl (C=O) groups excluding carboxylic acids is 1. The Morgan fingerprint density at radius 3 is 2.73 bits per heavy atom. The van der Waals surface area contributed by atoms with E-state index in [-0.39, 0.29) is 5.76 Å². The summed E-state index contributed by atoms with van der Waals surface area (Å²) in [6.45, 7) is 0. The zero-order valence-corrected chi connectivity index (χ0v) is 5.48. The molecule has 11 heavy (non-hydrogen) atoms. The van der Waals surface area contributed by atoms with Crippen molar-refractivity contribution < 1.29 is 24.5 Å². The van der Waals surface area contributed by atoms with Crippen LogP contribution in [0.4, 0.5) is 0 Å². The summed E-state index contributed by atoms with van der Waals surface area (Å²) >= 11 is 0. The number of ether oxygens (including phenoxy) is 1. The van der Waals surface area contributed by atoms with Crippen LogP contribution in [0.2, 0.25) is 0 Å². The Balaban J connectivity index is 2.57. The third kappa shape index (κ3) is 1.70. The van der Waals surface area contributed by atoms with Gasteiger partial charge in [0.15, 0.2) is 6.10 Å². The summed E-state index contributed by atoms with van der Waals surface area (Å²) in [5.74, 6) is -2.14. The van der Waals surface area contributed by atoms with Gasteiger partial charge in [-0.15, -0.1) is 0 Å². The molecule has 0 aromatic heterocycles. The van der Waals surface area contributed by atoms with Gasteiger partial charge in [0.05, 0.1) is 12.5 Å². The predicted molar refractivity (Wildman–Crippen MR) is 32.8 cm³/mol. The molecule has 0 aromatic carbocycles. The van der Waals surface area contributed by atoms with Gasteiger partial charge in [-0.3, -0.25) is 4.79 Å². The van der Waals surface area contributed by atoms with Crippen LogP contribution in [0.25, 0.3) is 0 Å². The lowest BCUT2D eigenvalue weighted by molar-refractivity contribution is -0.145. The highest BCUT2D eigenvalue weighted by molar-refractivity contribution is 5.86. The Bertz CT molecular complexity index is 229. The molecular weight excluding hydrogens is 152 g/mol. The fourth-order valence-corrected chi connectivity index (χ4v) is 0.753. The summed E-state index contributed by atoms with van der Waals surface area (Å²) in [4.78, 5) is 20.5. The Morgan fingerprint density at radius 1 is 1.73 bits per heavy atom. The van der Waals surface area contributed by atoms with Crippen LogP contribution in [0.1, 0.15) is 6.42 Å². The minimum Gasteiger partial charge on any atom is -0.508 e. The van der Waals surface area contributed by atoms with E-state index < -0.39 is 24.5 Å². The minimum absolute atomic E-state index is 0.322. The molecule has 60 valence electrons. The average molecular weight is 158 g/mol. The van der Waals surface area contributed by atoms with Crippen LogP contribution in [0.3, 0.4) is 0 Å². The van der Waals surface area contributed by atoms with E-state index in [9.17, 15) is 9.59 Å². The normalized spacial score (nSPS) is 22.7. The van der Waals surface area contributed by atoms with Gasteiger partial charge in [-0.25, -0.2) is 4.79 Å². The molecule has 5 heteroatoms. The van der Waals surface area contributed by atoms with Gasteiger partial charge in [0.2, 0.25) is 0 Å². The van der Waals surface area contributed by atoms with E-state index in [4.69, 9.17) is 10.2 Å². The monoisotopic (exact) mass is 158 g/mol. The molecule has 1 aliphatic rings. The molecule has 5 nitrogen and oxygen atoms in total. The molecule has 1 atom stereocenters. The quantitative estimate of drug-likeness (QED) is 0.545. The number of cyclic esters (lactones) is 1. The molecule has 0 aliphatic carbocycles. The summed E-state index contributed by atoms with van der Waals surface area (Å²) in [7, 11) is 0. The number of carboxylic acids is 1. The Kier molecular flexibility index (Phi) is 1.80. The van der Waals surface area contributed by atoms with Gasteiger partial charge in [0.25, 0.3) is 0 Å². The number of rotatable bonds is 2. The van der Waals surface area contributed by atoms with E-state index in [0.717, 1.165) is 6.08 Å². The molecule has 1 aliphatic heterocycles. The zero-order chi connectivity index (χ0) is 8.43. The maximum atomic E-state index is 10.4. The van der Waals surface area contributed by atoms with E-state index in [0.29, 0.717) is 0 Å². The van der Waals surface area contributed by atoms with Gasteiger partial charge in [0, 0.05) is 0 Å². The van der Waals surface area contributed by atoms with E-state index >= 15 is 0 Å². The van der Waals surface area contributed by atoms with E-state index in [1.807, 2.05) is 0 Å². The number of carbonyl (C=O) groups is 2. The molecule has 0 saturated carbocycles. The highest BCUT2D eigenvalue weighted by Crippen LogP contribution is 2.15. The number of esters is 1.